The molecule has 0 saturated heterocycles. The van der Waals surface area contributed by atoms with E-state index in [1.165, 1.54) is 18.4 Å². The van der Waals surface area contributed by atoms with Crippen LogP contribution in [-0.2, 0) is 11.2 Å². The van der Waals surface area contributed by atoms with E-state index in [1.54, 1.807) is 0 Å². The summed E-state index contributed by atoms with van der Waals surface area (Å²) in [6, 6.07) is 5.96. The van der Waals surface area contributed by atoms with E-state index in [2.05, 4.69) is 12.2 Å². The highest BCUT2D eigenvalue weighted by Gasteiger charge is 2.14. The number of carbonyl (C=O) groups is 1. The van der Waals surface area contributed by atoms with Crippen LogP contribution in [0.3, 0.4) is 0 Å². The number of amides is 1. The molecule has 1 amide bonds. The highest BCUT2D eigenvalue weighted by Crippen LogP contribution is 2.27. The molecule has 92 valence electrons. The average molecular weight is 233 g/mol. The molecular weight excluding hydrogens is 214 g/mol. The number of ether oxygens (including phenoxy) is 1. The molecule has 3 heteroatoms. The van der Waals surface area contributed by atoms with Gasteiger partial charge in [-0.15, -0.1) is 0 Å². The van der Waals surface area contributed by atoms with Gasteiger partial charge in [0.15, 0.2) is 0 Å². The van der Waals surface area contributed by atoms with Crippen LogP contribution in [0.1, 0.15) is 38.2 Å². The maximum atomic E-state index is 11.3. The maximum absolute atomic E-state index is 11.3. The number of unbranched alkanes of at least 4 members (excludes halogenated alkanes) is 2. The summed E-state index contributed by atoms with van der Waals surface area (Å²) in [5, 5.41) is 2.88. The molecule has 1 N–H and O–H groups in total. The minimum absolute atomic E-state index is 0.0978. The largest absolute Gasteiger partial charge is 0.494 e. The third-order valence-corrected chi connectivity index (χ3v) is 2.99. The van der Waals surface area contributed by atoms with Gasteiger partial charge in [0.05, 0.1) is 6.61 Å². The number of anilines is 1. The van der Waals surface area contributed by atoms with Crippen molar-refractivity contribution in [2.45, 2.75) is 39.0 Å². The van der Waals surface area contributed by atoms with Gasteiger partial charge in [-0.05, 0) is 24.5 Å². The molecule has 2 rings (SSSR count). The number of hydrogen-bond donors (Lipinski definition) is 1. The fourth-order valence-corrected chi connectivity index (χ4v) is 1.98. The topological polar surface area (TPSA) is 38.3 Å². The van der Waals surface area contributed by atoms with Crippen LogP contribution in [0.5, 0.6) is 5.75 Å². The van der Waals surface area contributed by atoms with Crippen molar-refractivity contribution in [1.82, 2.24) is 0 Å². The molecule has 3 nitrogen and oxygen atoms in total. The molecule has 1 heterocycles. The molecule has 0 radical (unpaired) electrons. The summed E-state index contributed by atoms with van der Waals surface area (Å²) in [5.41, 5.74) is 2.11. The van der Waals surface area contributed by atoms with Crippen LogP contribution in [0.15, 0.2) is 18.2 Å². The van der Waals surface area contributed by atoms with E-state index in [-0.39, 0.29) is 5.91 Å². The smallest absolute Gasteiger partial charge is 0.224 e. The predicted molar refractivity (Wildman–Crippen MR) is 68.4 cm³/mol. The lowest BCUT2D eigenvalue weighted by atomic mass is 10.0. The average Bonchev–Trinajstić information content (AvgIpc) is 2.34. The van der Waals surface area contributed by atoms with E-state index in [4.69, 9.17) is 4.74 Å². The zero-order valence-corrected chi connectivity index (χ0v) is 10.3. The molecule has 0 aliphatic carbocycles. The fraction of sp³-hybridized carbons (Fsp3) is 0.500. The lowest BCUT2D eigenvalue weighted by molar-refractivity contribution is -0.116. The summed E-state index contributed by atoms with van der Waals surface area (Å²) in [4.78, 5) is 11.3. The molecule has 0 fully saturated rings. The molecule has 1 aliphatic rings. The summed E-state index contributed by atoms with van der Waals surface area (Å²) in [6.45, 7) is 2.93. The quantitative estimate of drug-likeness (QED) is 0.793. The molecule has 1 aromatic rings. The number of fused-ring (bicyclic) bond motifs is 1. The van der Waals surface area contributed by atoms with Gasteiger partial charge in [0.1, 0.15) is 5.75 Å². The number of carbonyl (C=O) groups excluding carboxylic acids is 1. The zero-order valence-electron chi connectivity index (χ0n) is 10.3. The zero-order chi connectivity index (χ0) is 12.1. The van der Waals surface area contributed by atoms with Gasteiger partial charge < -0.3 is 10.1 Å². The van der Waals surface area contributed by atoms with Gasteiger partial charge >= 0.3 is 0 Å². The standard InChI is InChI=1S/C14H19NO2/c1-2-3-4-9-17-12-7-5-11-6-8-14(16)15-13(11)10-12/h5,7,10H,2-4,6,8-9H2,1H3,(H,15,16). The van der Waals surface area contributed by atoms with Crippen LogP contribution in [0.4, 0.5) is 5.69 Å². The molecule has 0 saturated carbocycles. The second-order valence-corrected chi connectivity index (χ2v) is 4.42. The van der Waals surface area contributed by atoms with Crippen molar-refractivity contribution in [1.29, 1.82) is 0 Å². The van der Waals surface area contributed by atoms with Crippen LogP contribution in [0.25, 0.3) is 0 Å². The van der Waals surface area contributed by atoms with Crippen LogP contribution in [0, 0.1) is 0 Å². The van der Waals surface area contributed by atoms with Crippen LogP contribution in [0.2, 0.25) is 0 Å². The van der Waals surface area contributed by atoms with E-state index in [1.807, 2.05) is 18.2 Å². The second-order valence-electron chi connectivity index (χ2n) is 4.42. The van der Waals surface area contributed by atoms with E-state index in [9.17, 15) is 4.79 Å². The Morgan fingerprint density at radius 1 is 1.29 bits per heavy atom. The van der Waals surface area contributed by atoms with Crippen molar-refractivity contribution < 1.29 is 9.53 Å². The van der Waals surface area contributed by atoms with Gasteiger partial charge in [0.25, 0.3) is 0 Å². The maximum Gasteiger partial charge on any atom is 0.224 e. The van der Waals surface area contributed by atoms with Crippen LogP contribution in [-0.4, -0.2) is 12.5 Å². The van der Waals surface area contributed by atoms with Gasteiger partial charge in [-0.1, -0.05) is 25.8 Å². The third-order valence-electron chi connectivity index (χ3n) is 2.99. The number of aryl methyl sites for hydroxylation is 1. The Labute approximate surface area is 102 Å². The SMILES string of the molecule is CCCCCOc1ccc2c(c1)NC(=O)CC2. The first-order valence-corrected chi connectivity index (χ1v) is 6.35. The molecule has 0 unspecified atom stereocenters. The van der Waals surface area contributed by atoms with E-state index < -0.39 is 0 Å². The molecule has 17 heavy (non-hydrogen) atoms. The predicted octanol–water partition coefficient (Wildman–Crippen LogP) is 3.14. The summed E-state index contributed by atoms with van der Waals surface area (Å²) < 4.78 is 5.66. The fourth-order valence-electron chi connectivity index (χ4n) is 1.98. The number of rotatable bonds is 5. The van der Waals surface area contributed by atoms with Gasteiger partial charge in [-0.2, -0.15) is 0 Å². The molecule has 0 bridgehead atoms. The Hall–Kier alpha value is -1.51. The Morgan fingerprint density at radius 2 is 2.18 bits per heavy atom. The first-order chi connectivity index (χ1) is 8.29. The Morgan fingerprint density at radius 3 is 3.00 bits per heavy atom. The monoisotopic (exact) mass is 233 g/mol. The van der Waals surface area contributed by atoms with E-state index >= 15 is 0 Å². The van der Waals surface area contributed by atoms with Crippen molar-refractivity contribution in [3.8, 4) is 5.75 Å². The third kappa shape index (κ3) is 3.22. The minimum atomic E-state index is 0.0978. The van der Waals surface area contributed by atoms with Crippen molar-refractivity contribution in [3.63, 3.8) is 0 Å². The molecular formula is C14H19NO2. The van der Waals surface area contributed by atoms with Crippen molar-refractivity contribution >= 4 is 11.6 Å². The molecule has 1 aliphatic heterocycles. The van der Waals surface area contributed by atoms with Crippen molar-refractivity contribution in [3.05, 3.63) is 23.8 Å². The molecule has 0 aromatic heterocycles. The Balaban J connectivity index is 1.95. The summed E-state index contributed by atoms with van der Waals surface area (Å²) in [6.07, 6.45) is 4.90. The highest BCUT2D eigenvalue weighted by molar-refractivity contribution is 5.94. The highest BCUT2D eigenvalue weighted by atomic mass is 16.5. The second kappa shape index (κ2) is 5.71. The first-order valence-electron chi connectivity index (χ1n) is 6.35. The Bertz CT molecular complexity index is 401. The van der Waals surface area contributed by atoms with E-state index in [0.29, 0.717) is 6.42 Å². The van der Waals surface area contributed by atoms with Crippen LogP contribution >= 0.6 is 0 Å². The lowest BCUT2D eigenvalue weighted by Gasteiger charge is -2.17. The first kappa shape index (κ1) is 12.0. The normalized spacial score (nSPS) is 14.1. The number of nitrogens with one attached hydrogen (secondary N) is 1. The number of benzene rings is 1. The minimum Gasteiger partial charge on any atom is -0.494 e. The summed E-state index contributed by atoms with van der Waals surface area (Å²) in [7, 11) is 0. The van der Waals surface area contributed by atoms with Gasteiger partial charge in [-0.3, -0.25) is 4.79 Å². The molecule has 1 aromatic carbocycles. The van der Waals surface area contributed by atoms with Gasteiger partial charge in [-0.25, -0.2) is 0 Å². The molecule has 0 atom stereocenters. The molecule has 0 spiro atoms. The number of hydrogen-bond acceptors (Lipinski definition) is 2. The van der Waals surface area contributed by atoms with Crippen molar-refractivity contribution in [2.24, 2.45) is 0 Å². The summed E-state index contributed by atoms with van der Waals surface area (Å²) in [5.74, 6) is 0.947. The van der Waals surface area contributed by atoms with E-state index in [0.717, 1.165) is 30.9 Å². The van der Waals surface area contributed by atoms with Crippen LogP contribution < -0.4 is 10.1 Å². The van der Waals surface area contributed by atoms with Gasteiger partial charge in [0, 0.05) is 18.2 Å². The van der Waals surface area contributed by atoms with Crippen molar-refractivity contribution in [2.75, 3.05) is 11.9 Å². The Kier molecular flexibility index (Phi) is 4.02. The van der Waals surface area contributed by atoms with Gasteiger partial charge in [0.2, 0.25) is 5.91 Å². The summed E-state index contributed by atoms with van der Waals surface area (Å²) >= 11 is 0. The lowest BCUT2D eigenvalue weighted by Crippen LogP contribution is -2.18.